The van der Waals surface area contributed by atoms with Crippen LogP contribution in [0, 0.1) is 5.92 Å². The summed E-state index contributed by atoms with van der Waals surface area (Å²) in [6.07, 6.45) is 1.56. The lowest BCUT2D eigenvalue weighted by Gasteiger charge is -2.31. The second kappa shape index (κ2) is 5.51. The molecule has 3 heteroatoms. The van der Waals surface area contributed by atoms with Gasteiger partial charge >= 0.3 is 0 Å². The van der Waals surface area contributed by atoms with Gasteiger partial charge in [0.15, 0.2) is 0 Å². The Morgan fingerprint density at radius 2 is 2.08 bits per heavy atom. The molecule has 0 saturated carbocycles. The molecule has 0 spiro atoms. The summed E-state index contributed by atoms with van der Waals surface area (Å²) < 4.78 is 4.97. The van der Waals surface area contributed by atoms with E-state index >= 15 is 0 Å². The maximum Gasteiger partial charge on any atom is 0.0903 e. The lowest BCUT2D eigenvalue weighted by atomic mass is 9.87. The van der Waals surface area contributed by atoms with Crippen molar-refractivity contribution in [1.82, 2.24) is 0 Å². The average molecular weight is 175 g/mol. The lowest BCUT2D eigenvalue weighted by molar-refractivity contribution is -0.0706. The van der Waals surface area contributed by atoms with Crippen molar-refractivity contribution in [1.29, 1.82) is 0 Å². The Balaban J connectivity index is 3.99. The normalized spacial score (nSPS) is 16.5. The first-order chi connectivity index (χ1) is 5.56. The fraction of sp³-hybridized carbons (Fsp3) is 1.00. The monoisotopic (exact) mass is 175 g/mol. The van der Waals surface area contributed by atoms with Gasteiger partial charge < -0.3 is 15.6 Å². The van der Waals surface area contributed by atoms with Gasteiger partial charge in [0, 0.05) is 7.11 Å². The first kappa shape index (κ1) is 11.9. The highest BCUT2D eigenvalue weighted by Gasteiger charge is 2.29. The van der Waals surface area contributed by atoms with Crippen LogP contribution in [0.1, 0.15) is 26.7 Å². The van der Waals surface area contributed by atoms with Gasteiger partial charge in [-0.15, -0.1) is 0 Å². The molecule has 0 rings (SSSR count). The van der Waals surface area contributed by atoms with Crippen LogP contribution < -0.4 is 5.73 Å². The van der Waals surface area contributed by atoms with E-state index in [0.29, 0.717) is 13.2 Å². The molecule has 0 aromatic heterocycles. The van der Waals surface area contributed by atoms with Crippen LogP contribution in [0.3, 0.4) is 0 Å². The van der Waals surface area contributed by atoms with E-state index in [0.717, 1.165) is 12.8 Å². The number of methoxy groups -OCH3 is 1. The summed E-state index contributed by atoms with van der Waals surface area (Å²) in [5.74, 6) is 0.212. The number of aliphatic hydroxyl groups is 1. The summed E-state index contributed by atoms with van der Waals surface area (Å²) in [4.78, 5) is 0. The quantitative estimate of drug-likeness (QED) is 0.626. The third kappa shape index (κ3) is 3.52. The van der Waals surface area contributed by atoms with Crippen molar-refractivity contribution < 1.29 is 9.84 Å². The third-order valence-corrected chi connectivity index (χ3v) is 2.28. The van der Waals surface area contributed by atoms with Crippen molar-refractivity contribution in [3.8, 4) is 0 Å². The summed E-state index contributed by atoms with van der Waals surface area (Å²) in [6, 6.07) is 0. The number of ether oxygens (including phenoxy) is 1. The van der Waals surface area contributed by atoms with Crippen LogP contribution in [-0.4, -0.2) is 31.0 Å². The Bertz CT molecular complexity index is 117. The van der Waals surface area contributed by atoms with Crippen molar-refractivity contribution in [3.63, 3.8) is 0 Å². The van der Waals surface area contributed by atoms with E-state index in [-0.39, 0.29) is 5.92 Å². The van der Waals surface area contributed by atoms with Gasteiger partial charge in [-0.25, -0.2) is 0 Å². The van der Waals surface area contributed by atoms with Gasteiger partial charge in [-0.3, -0.25) is 0 Å². The van der Waals surface area contributed by atoms with Gasteiger partial charge in [-0.05, 0) is 25.3 Å². The van der Waals surface area contributed by atoms with Gasteiger partial charge in [0.2, 0.25) is 0 Å². The fourth-order valence-electron chi connectivity index (χ4n) is 1.19. The Morgan fingerprint density at radius 3 is 2.42 bits per heavy atom. The van der Waals surface area contributed by atoms with Gasteiger partial charge in [0.05, 0.1) is 12.2 Å². The van der Waals surface area contributed by atoms with Crippen molar-refractivity contribution in [2.45, 2.75) is 32.3 Å². The van der Waals surface area contributed by atoms with Crippen LogP contribution in [0.2, 0.25) is 0 Å². The molecule has 3 nitrogen and oxygen atoms in total. The van der Waals surface area contributed by atoms with E-state index in [1.807, 2.05) is 13.8 Å². The topological polar surface area (TPSA) is 55.5 Å². The van der Waals surface area contributed by atoms with Crippen molar-refractivity contribution in [2.24, 2.45) is 11.7 Å². The Hall–Kier alpha value is -0.120. The molecular weight excluding hydrogens is 154 g/mol. The van der Waals surface area contributed by atoms with Crippen LogP contribution >= 0.6 is 0 Å². The number of nitrogens with two attached hydrogens (primary N) is 1. The van der Waals surface area contributed by atoms with Crippen molar-refractivity contribution in [2.75, 3.05) is 20.3 Å². The molecule has 0 saturated heterocycles. The van der Waals surface area contributed by atoms with Crippen molar-refractivity contribution in [3.05, 3.63) is 0 Å². The molecule has 0 bridgehead atoms. The largest absolute Gasteiger partial charge is 0.387 e. The van der Waals surface area contributed by atoms with E-state index in [9.17, 15) is 5.11 Å². The lowest BCUT2D eigenvalue weighted by Crippen LogP contribution is -2.40. The molecule has 12 heavy (non-hydrogen) atoms. The standard InChI is InChI=1S/C9H21NO2/c1-8(2)9(11,7-12-3)5-4-6-10/h8,11H,4-7,10H2,1-3H3. The second-order valence-electron chi connectivity index (χ2n) is 3.58. The van der Waals surface area contributed by atoms with E-state index in [1.54, 1.807) is 7.11 Å². The summed E-state index contributed by atoms with van der Waals surface area (Å²) in [5, 5.41) is 10.0. The summed E-state index contributed by atoms with van der Waals surface area (Å²) in [7, 11) is 1.61. The molecule has 0 heterocycles. The minimum atomic E-state index is -0.700. The fourth-order valence-corrected chi connectivity index (χ4v) is 1.19. The maximum absolute atomic E-state index is 10.0. The predicted octanol–water partition coefficient (Wildman–Crippen LogP) is 0.759. The molecule has 0 aliphatic rings. The predicted molar refractivity (Wildman–Crippen MR) is 50.0 cm³/mol. The summed E-state index contributed by atoms with van der Waals surface area (Å²) >= 11 is 0. The smallest absolute Gasteiger partial charge is 0.0903 e. The molecule has 1 unspecified atom stereocenters. The third-order valence-electron chi connectivity index (χ3n) is 2.28. The van der Waals surface area contributed by atoms with Gasteiger partial charge in [-0.2, -0.15) is 0 Å². The van der Waals surface area contributed by atoms with Crippen LogP contribution in [0.4, 0.5) is 0 Å². The zero-order chi connectivity index (χ0) is 9.61. The molecule has 0 aromatic carbocycles. The van der Waals surface area contributed by atoms with Crippen LogP contribution in [0.15, 0.2) is 0 Å². The summed E-state index contributed by atoms with van der Waals surface area (Å²) in [6.45, 7) is 5.01. The maximum atomic E-state index is 10.0. The molecule has 0 radical (unpaired) electrons. The Labute approximate surface area is 74.9 Å². The highest BCUT2D eigenvalue weighted by atomic mass is 16.5. The number of hydrogen-bond donors (Lipinski definition) is 2. The number of rotatable bonds is 6. The molecular formula is C9H21NO2. The SMILES string of the molecule is COCC(O)(CCCN)C(C)C. The first-order valence-corrected chi connectivity index (χ1v) is 4.48. The molecule has 0 amide bonds. The van der Waals surface area contributed by atoms with Crippen LogP contribution in [0.5, 0.6) is 0 Å². The van der Waals surface area contributed by atoms with Crippen LogP contribution in [-0.2, 0) is 4.74 Å². The molecule has 0 aromatic rings. The minimum absolute atomic E-state index is 0.212. The Kier molecular flexibility index (Phi) is 5.46. The highest BCUT2D eigenvalue weighted by molar-refractivity contribution is 4.81. The van der Waals surface area contributed by atoms with Crippen molar-refractivity contribution >= 4 is 0 Å². The van der Waals surface area contributed by atoms with Gasteiger partial charge in [0.25, 0.3) is 0 Å². The zero-order valence-electron chi connectivity index (χ0n) is 8.34. The minimum Gasteiger partial charge on any atom is -0.387 e. The number of hydrogen-bond acceptors (Lipinski definition) is 3. The van der Waals surface area contributed by atoms with E-state index < -0.39 is 5.60 Å². The molecule has 74 valence electrons. The van der Waals surface area contributed by atoms with E-state index in [4.69, 9.17) is 10.5 Å². The first-order valence-electron chi connectivity index (χ1n) is 4.48. The molecule has 0 aliphatic heterocycles. The highest BCUT2D eigenvalue weighted by Crippen LogP contribution is 2.22. The van der Waals surface area contributed by atoms with E-state index in [2.05, 4.69) is 0 Å². The van der Waals surface area contributed by atoms with Gasteiger partial charge in [-0.1, -0.05) is 13.8 Å². The van der Waals surface area contributed by atoms with E-state index in [1.165, 1.54) is 0 Å². The Morgan fingerprint density at radius 1 is 1.50 bits per heavy atom. The molecule has 0 fully saturated rings. The summed E-state index contributed by atoms with van der Waals surface area (Å²) in [5.41, 5.74) is 4.68. The molecule has 3 N–H and O–H groups in total. The molecule has 1 atom stereocenters. The zero-order valence-corrected chi connectivity index (χ0v) is 8.34. The average Bonchev–Trinajstić information content (AvgIpc) is 2.01. The molecule has 0 aliphatic carbocycles. The second-order valence-corrected chi connectivity index (χ2v) is 3.58. The van der Waals surface area contributed by atoms with Crippen LogP contribution in [0.25, 0.3) is 0 Å². The van der Waals surface area contributed by atoms with Gasteiger partial charge in [0.1, 0.15) is 0 Å².